The molecule has 1 fully saturated rings. The van der Waals surface area contributed by atoms with Crippen LogP contribution >= 0.6 is 0 Å². The number of benzene rings is 1. The minimum absolute atomic E-state index is 0.106. The average molecular weight is 390 g/mol. The molecule has 9 heteroatoms. The highest BCUT2D eigenvalue weighted by Crippen LogP contribution is 2.33. The second-order valence-electron chi connectivity index (χ2n) is 6.67. The number of aromatic nitrogens is 2. The maximum Gasteiger partial charge on any atom is 0.262 e. The van der Waals surface area contributed by atoms with Gasteiger partial charge in [-0.15, -0.1) is 0 Å². The zero-order valence-electron chi connectivity index (χ0n) is 15.4. The zero-order chi connectivity index (χ0) is 19.0. The molecule has 0 bridgehead atoms. The molecule has 27 heavy (non-hydrogen) atoms. The predicted molar refractivity (Wildman–Crippen MR) is 101 cm³/mol. The molecule has 0 atom stereocenters. The first-order valence-corrected chi connectivity index (χ1v) is 10.4. The van der Waals surface area contributed by atoms with Crippen molar-refractivity contribution in [3.05, 3.63) is 29.6 Å². The Morgan fingerprint density at radius 1 is 1.00 bits per heavy atom. The summed E-state index contributed by atoms with van der Waals surface area (Å²) < 4.78 is 39.3. The van der Waals surface area contributed by atoms with Gasteiger partial charge < -0.3 is 14.4 Å². The summed E-state index contributed by atoms with van der Waals surface area (Å²) >= 11 is 0. The highest BCUT2D eigenvalue weighted by atomic mass is 32.2. The lowest BCUT2D eigenvalue weighted by atomic mass is 10.3. The Bertz CT molecular complexity index is 948. The minimum atomic E-state index is -3.80. The van der Waals surface area contributed by atoms with E-state index in [9.17, 15) is 8.42 Å². The Labute approximate surface area is 158 Å². The van der Waals surface area contributed by atoms with Gasteiger partial charge in [0.15, 0.2) is 11.5 Å². The monoisotopic (exact) mass is 390 g/mol. The molecule has 1 aromatic heterocycles. The predicted octanol–water partition coefficient (Wildman–Crippen LogP) is 2.27. The van der Waals surface area contributed by atoms with Crippen LogP contribution in [-0.2, 0) is 10.0 Å². The molecule has 1 aromatic carbocycles. The Morgan fingerprint density at radius 2 is 1.63 bits per heavy atom. The Hall–Kier alpha value is -2.55. The molecule has 0 saturated carbocycles. The van der Waals surface area contributed by atoms with Gasteiger partial charge in [0.05, 0.1) is 22.0 Å². The van der Waals surface area contributed by atoms with Gasteiger partial charge >= 0.3 is 0 Å². The summed E-state index contributed by atoms with van der Waals surface area (Å²) in [5.41, 5.74) is 1.61. The third kappa shape index (κ3) is 3.51. The lowest BCUT2D eigenvalue weighted by molar-refractivity contribution is 0.171. The largest absolute Gasteiger partial charge is 0.486 e. The molecule has 2 aliphatic heterocycles. The number of anilines is 2. The molecule has 2 aromatic rings. The lowest BCUT2D eigenvalue weighted by Crippen LogP contribution is -2.23. The maximum absolute atomic E-state index is 12.9. The van der Waals surface area contributed by atoms with Gasteiger partial charge in [-0.3, -0.25) is 4.72 Å². The van der Waals surface area contributed by atoms with Crippen molar-refractivity contribution in [3.63, 3.8) is 0 Å². The number of aryl methyl sites for hydroxylation is 2. The van der Waals surface area contributed by atoms with Crippen molar-refractivity contribution in [2.45, 2.75) is 31.6 Å². The Kier molecular flexibility index (Phi) is 4.55. The van der Waals surface area contributed by atoms with Crippen LogP contribution in [0.5, 0.6) is 11.5 Å². The second kappa shape index (κ2) is 6.88. The van der Waals surface area contributed by atoms with Gasteiger partial charge in [-0.25, -0.2) is 18.4 Å². The van der Waals surface area contributed by atoms with E-state index in [1.807, 2.05) is 0 Å². The fourth-order valence-corrected chi connectivity index (χ4v) is 4.48. The van der Waals surface area contributed by atoms with Crippen LogP contribution in [0.3, 0.4) is 0 Å². The van der Waals surface area contributed by atoms with Gasteiger partial charge in [-0.05, 0) is 38.8 Å². The topological polar surface area (TPSA) is 93.7 Å². The van der Waals surface area contributed by atoms with Gasteiger partial charge in [-0.1, -0.05) is 0 Å². The smallest absolute Gasteiger partial charge is 0.262 e. The molecular formula is C18H22N4O4S. The molecule has 2 aliphatic rings. The molecule has 0 radical (unpaired) electrons. The van der Waals surface area contributed by atoms with Gasteiger partial charge in [-0.2, -0.15) is 0 Å². The first-order valence-electron chi connectivity index (χ1n) is 8.97. The molecular weight excluding hydrogens is 368 g/mol. The summed E-state index contributed by atoms with van der Waals surface area (Å²) in [6.45, 7) is 6.29. The SMILES string of the molecule is Cc1nc(N2CCCC2)nc(C)c1NS(=O)(=O)c1ccc2c(c1)OCCO2. The summed E-state index contributed by atoms with van der Waals surface area (Å²) in [5.74, 6) is 1.63. The van der Waals surface area contributed by atoms with Crippen LogP contribution < -0.4 is 19.1 Å². The Morgan fingerprint density at radius 3 is 2.30 bits per heavy atom. The van der Waals surface area contributed by atoms with E-state index in [1.54, 1.807) is 19.9 Å². The lowest BCUT2D eigenvalue weighted by Gasteiger charge is -2.20. The summed E-state index contributed by atoms with van der Waals surface area (Å²) in [6.07, 6.45) is 2.25. The van der Waals surface area contributed by atoms with Crippen molar-refractivity contribution in [1.29, 1.82) is 0 Å². The van der Waals surface area contributed by atoms with Crippen LogP contribution in [-0.4, -0.2) is 44.7 Å². The molecule has 1 N–H and O–H groups in total. The van der Waals surface area contributed by atoms with Crippen LogP contribution in [0, 0.1) is 13.8 Å². The van der Waals surface area contributed by atoms with Crippen molar-refractivity contribution in [1.82, 2.24) is 9.97 Å². The number of ether oxygens (including phenoxy) is 2. The Balaban J connectivity index is 1.62. The van der Waals surface area contributed by atoms with Crippen molar-refractivity contribution >= 4 is 21.7 Å². The van der Waals surface area contributed by atoms with Gasteiger partial charge in [0, 0.05) is 19.2 Å². The summed E-state index contributed by atoms with van der Waals surface area (Å²) in [6, 6.07) is 4.58. The number of fused-ring (bicyclic) bond motifs is 1. The molecule has 4 rings (SSSR count). The molecule has 0 unspecified atom stereocenters. The molecule has 3 heterocycles. The number of nitrogens with one attached hydrogen (secondary N) is 1. The van der Waals surface area contributed by atoms with Gasteiger partial charge in [0.25, 0.3) is 10.0 Å². The van der Waals surface area contributed by atoms with Crippen molar-refractivity contribution < 1.29 is 17.9 Å². The second-order valence-corrected chi connectivity index (χ2v) is 8.36. The summed E-state index contributed by atoms with van der Waals surface area (Å²) in [4.78, 5) is 11.2. The third-order valence-electron chi connectivity index (χ3n) is 4.71. The quantitative estimate of drug-likeness (QED) is 0.856. The van der Waals surface area contributed by atoms with Crippen LogP contribution in [0.15, 0.2) is 23.1 Å². The number of rotatable bonds is 4. The molecule has 0 amide bonds. The van der Waals surface area contributed by atoms with Crippen molar-refractivity contribution in [2.75, 3.05) is 35.9 Å². The van der Waals surface area contributed by atoms with Crippen LogP contribution in [0.1, 0.15) is 24.2 Å². The zero-order valence-corrected chi connectivity index (χ0v) is 16.2. The highest BCUT2D eigenvalue weighted by molar-refractivity contribution is 7.92. The summed E-state index contributed by atoms with van der Waals surface area (Å²) in [5, 5.41) is 0. The van der Waals surface area contributed by atoms with Crippen molar-refractivity contribution in [2.24, 2.45) is 0 Å². The average Bonchev–Trinajstić information content (AvgIpc) is 3.19. The number of hydrogen-bond donors (Lipinski definition) is 1. The standard InChI is InChI=1S/C18H22N4O4S/c1-12-17(13(2)20-18(19-12)22-7-3-4-8-22)21-27(23,24)14-5-6-15-16(11-14)26-10-9-25-15/h5-6,11,21H,3-4,7-10H2,1-2H3. The normalized spacial score (nSPS) is 16.4. The number of nitrogens with zero attached hydrogens (tertiary/aromatic N) is 3. The molecule has 0 spiro atoms. The van der Waals surface area contributed by atoms with Crippen LogP contribution in [0.4, 0.5) is 11.6 Å². The van der Waals surface area contributed by atoms with E-state index >= 15 is 0 Å². The molecule has 0 aliphatic carbocycles. The summed E-state index contributed by atoms with van der Waals surface area (Å²) in [7, 11) is -3.80. The number of sulfonamides is 1. The van der Waals surface area contributed by atoms with E-state index < -0.39 is 10.0 Å². The van der Waals surface area contributed by atoms with Gasteiger partial charge in [0.1, 0.15) is 13.2 Å². The fraction of sp³-hybridized carbons (Fsp3) is 0.444. The van der Waals surface area contributed by atoms with E-state index in [2.05, 4.69) is 19.6 Å². The maximum atomic E-state index is 12.9. The molecule has 8 nitrogen and oxygen atoms in total. The first-order chi connectivity index (χ1) is 12.9. The van der Waals surface area contributed by atoms with Crippen LogP contribution in [0.2, 0.25) is 0 Å². The number of hydrogen-bond acceptors (Lipinski definition) is 7. The highest BCUT2D eigenvalue weighted by Gasteiger charge is 2.23. The third-order valence-corrected chi connectivity index (χ3v) is 6.06. The first kappa shape index (κ1) is 17.8. The van der Waals surface area contributed by atoms with E-state index in [4.69, 9.17) is 9.47 Å². The van der Waals surface area contributed by atoms with Gasteiger partial charge in [0.2, 0.25) is 5.95 Å². The van der Waals surface area contributed by atoms with E-state index in [0.29, 0.717) is 47.7 Å². The van der Waals surface area contributed by atoms with E-state index in [0.717, 1.165) is 25.9 Å². The molecule has 1 saturated heterocycles. The van der Waals surface area contributed by atoms with E-state index in [-0.39, 0.29) is 4.90 Å². The minimum Gasteiger partial charge on any atom is -0.486 e. The van der Waals surface area contributed by atoms with E-state index in [1.165, 1.54) is 12.1 Å². The fourth-order valence-electron chi connectivity index (χ4n) is 3.29. The van der Waals surface area contributed by atoms with Crippen molar-refractivity contribution in [3.8, 4) is 11.5 Å². The molecule has 144 valence electrons. The van der Waals surface area contributed by atoms with Crippen LogP contribution in [0.25, 0.3) is 0 Å².